The molecule has 112 valence electrons. The highest BCUT2D eigenvalue weighted by Crippen LogP contribution is 2.23. The first-order valence-electron chi connectivity index (χ1n) is 7.12. The first kappa shape index (κ1) is 15.8. The van der Waals surface area contributed by atoms with Crippen LogP contribution in [0.25, 0.3) is 0 Å². The lowest BCUT2D eigenvalue weighted by Gasteiger charge is -2.14. The zero-order valence-corrected chi connectivity index (χ0v) is 13.4. The van der Waals surface area contributed by atoms with Gasteiger partial charge < -0.3 is 10.1 Å². The van der Waals surface area contributed by atoms with Gasteiger partial charge in [-0.2, -0.15) is 0 Å². The Balaban J connectivity index is 2.08. The Kier molecular flexibility index (Phi) is 5.59. The predicted octanol–water partition coefficient (Wildman–Crippen LogP) is 4.12. The number of nitrogens with one attached hydrogen (secondary N) is 1. The molecule has 1 heterocycles. The van der Waals surface area contributed by atoms with Crippen LogP contribution in [-0.4, -0.2) is 11.0 Å². The lowest BCUT2D eigenvalue weighted by Crippen LogP contribution is -2.22. The number of rotatable bonds is 6. The highest BCUT2D eigenvalue weighted by atomic mass is 35.5. The zero-order chi connectivity index (χ0) is 15.2. The van der Waals surface area contributed by atoms with Crippen molar-refractivity contribution in [3.63, 3.8) is 0 Å². The SMILES string of the molecule is Cc1cccc(COc2ccc(Cl)cc2CNC(C)C)n1. The van der Waals surface area contributed by atoms with E-state index in [1.807, 2.05) is 43.3 Å². The predicted molar refractivity (Wildman–Crippen MR) is 86.7 cm³/mol. The average molecular weight is 305 g/mol. The van der Waals surface area contributed by atoms with Gasteiger partial charge in [-0.05, 0) is 37.3 Å². The van der Waals surface area contributed by atoms with Crippen molar-refractivity contribution in [3.05, 3.63) is 58.4 Å². The van der Waals surface area contributed by atoms with E-state index in [4.69, 9.17) is 16.3 Å². The van der Waals surface area contributed by atoms with E-state index in [-0.39, 0.29) is 0 Å². The standard InChI is InChI=1S/C17H21ClN2O/c1-12(2)19-10-14-9-15(18)7-8-17(14)21-11-16-6-4-5-13(3)20-16/h4-9,12,19H,10-11H2,1-3H3. The van der Waals surface area contributed by atoms with Gasteiger partial charge >= 0.3 is 0 Å². The molecule has 0 saturated heterocycles. The Morgan fingerprint density at radius 1 is 1.24 bits per heavy atom. The van der Waals surface area contributed by atoms with E-state index in [1.54, 1.807) is 0 Å². The second-order valence-electron chi connectivity index (χ2n) is 5.35. The van der Waals surface area contributed by atoms with Crippen LogP contribution in [0.4, 0.5) is 0 Å². The number of ether oxygens (including phenoxy) is 1. The van der Waals surface area contributed by atoms with Crippen LogP contribution >= 0.6 is 11.6 Å². The first-order valence-corrected chi connectivity index (χ1v) is 7.49. The number of aryl methyl sites for hydroxylation is 1. The lowest BCUT2D eigenvalue weighted by molar-refractivity contribution is 0.297. The smallest absolute Gasteiger partial charge is 0.130 e. The molecule has 0 bridgehead atoms. The molecular weight excluding hydrogens is 284 g/mol. The maximum Gasteiger partial charge on any atom is 0.130 e. The normalized spacial score (nSPS) is 10.9. The van der Waals surface area contributed by atoms with Gasteiger partial charge in [0.2, 0.25) is 0 Å². The van der Waals surface area contributed by atoms with Crippen molar-refractivity contribution >= 4 is 11.6 Å². The number of hydrogen-bond acceptors (Lipinski definition) is 3. The van der Waals surface area contributed by atoms with E-state index < -0.39 is 0 Å². The third-order valence-electron chi connectivity index (χ3n) is 3.04. The summed E-state index contributed by atoms with van der Waals surface area (Å²) in [5.41, 5.74) is 2.98. The van der Waals surface area contributed by atoms with Crippen LogP contribution in [-0.2, 0) is 13.2 Å². The molecule has 2 rings (SSSR count). The van der Waals surface area contributed by atoms with Crippen molar-refractivity contribution in [2.24, 2.45) is 0 Å². The number of nitrogens with zero attached hydrogens (tertiary/aromatic N) is 1. The summed E-state index contributed by atoms with van der Waals surface area (Å²) in [7, 11) is 0. The molecule has 0 atom stereocenters. The Labute approximate surface area is 131 Å². The lowest BCUT2D eigenvalue weighted by atomic mass is 10.2. The fourth-order valence-electron chi connectivity index (χ4n) is 1.97. The largest absolute Gasteiger partial charge is 0.487 e. The summed E-state index contributed by atoms with van der Waals surface area (Å²) in [4.78, 5) is 4.44. The van der Waals surface area contributed by atoms with E-state index >= 15 is 0 Å². The summed E-state index contributed by atoms with van der Waals surface area (Å²) in [6, 6.07) is 12.0. The second kappa shape index (κ2) is 7.43. The highest BCUT2D eigenvalue weighted by Gasteiger charge is 2.06. The number of halogens is 1. The molecule has 0 aliphatic heterocycles. The van der Waals surface area contributed by atoms with Gasteiger partial charge in [0.1, 0.15) is 12.4 Å². The van der Waals surface area contributed by atoms with Gasteiger partial charge in [-0.1, -0.05) is 31.5 Å². The number of pyridine rings is 1. The number of aromatic nitrogens is 1. The Morgan fingerprint density at radius 2 is 2.05 bits per heavy atom. The summed E-state index contributed by atoms with van der Waals surface area (Å²) in [6.45, 7) is 7.39. The molecule has 0 unspecified atom stereocenters. The van der Waals surface area contributed by atoms with Crippen LogP contribution in [0.2, 0.25) is 5.02 Å². The average Bonchev–Trinajstić information content (AvgIpc) is 2.44. The van der Waals surface area contributed by atoms with Crippen LogP contribution in [0, 0.1) is 6.92 Å². The van der Waals surface area contributed by atoms with E-state index in [1.165, 1.54) is 0 Å². The van der Waals surface area contributed by atoms with E-state index in [9.17, 15) is 0 Å². The molecule has 1 N–H and O–H groups in total. The highest BCUT2D eigenvalue weighted by molar-refractivity contribution is 6.30. The fraction of sp³-hybridized carbons (Fsp3) is 0.353. The van der Waals surface area contributed by atoms with Gasteiger partial charge in [-0.25, -0.2) is 0 Å². The van der Waals surface area contributed by atoms with Gasteiger partial charge in [0.05, 0.1) is 5.69 Å². The molecule has 3 nitrogen and oxygen atoms in total. The zero-order valence-electron chi connectivity index (χ0n) is 12.7. The maximum absolute atomic E-state index is 6.07. The van der Waals surface area contributed by atoms with Crippen LogP contribution in [0.15, 0.2) is 36.4 Å². The quantitative estimate of drug-likeness (QED) is 0.871. The summed E-state index contributed by atoms with van der Waals surface area (Å²) >= 11 is 6.07. The van der Waals surface area contributed by atoms with Crippen molar-refractivity contribution in [2.75, 3.05) is 0 Å². The molecule has 21 heavy (non-hydrogen) atoms. The Bertz CT molecular complexity index is 599. The molecule has 2 aromatic rings. The van der Waals surface area contributed by atoms with Gasteiger partial charge in [0, 0.05) is 28.9 Å². The third-order valence-corrected chi connectivity index (χ3v) is 3.28. The van der Waals surface area contributed by atoms with Gasteiger partial charge in [-0.15, -0.1) is 0 Å². The Morgan fingerprint density at radius 3 is 2.76 bits per heavy atom. The van der Waals surface area contributed by atoms with E-state index in [2.05, 4.69) is 24.1 Å². The second-order valence-corrected chi connectivity index (χ2v) is 5.78. The minimum absolute atomic E-state index is 0.412. The first-order chi connectivity index (χ1) is 10.0. The number of hydrogen-bond donors (Lipinski definition) is 1. The van der Waals surface area contributed by atoms with Gasteiger partial charge in [-0.3, -0.25) is 4.98 Å². The molecule has 4 heteroatoms. The van der Waals surface area contributed by atoms with Crippen molar-refractivity contribution in [3.8, 4) is 5.75 Å². The van der Waals surface area contributed by atoms with Crippen molar-refractivity contribution in [2.45, 2.75) is 40.0 Å². The van der Waals surface area contributed by atoms with Crippen LogP contribution in [0.3, 0.4) is 0 Å². The molecular formula is C17H21ClN2O. The number of benzene rings is 1. The van der Waals surface area contributed by atoms with Crippen LogP contribution in [0.1, 0.15) is 30.8 Å². The molecule has 0 fully saturated rings. The molecule has 0 radical (unpaired) electrons. The summed E-state index contributed by atoms with van der Waals surface area (Å²) in [5.74, 6) is 0.843. The molecule has 0 spiro atoms. The van der Waals surface area contributed by atoms with Crippen LogP contribution in [0.5, 0.6) is 5.75 Å². The molecule has 1 aromatic carbocycles. The monoisotopic (exact) mass is 304 g/mol. The topological polar surface area (TPSA) is 34.1 Å². The molecule has 0 aliphatic rings. The van der Waals surface area contributed by atoms with Crippen molar-refractivity contribution < 1.29 is 4.74 Å². The molecule has 0 amide bonds. The molecule has 0 saturated carbocycles. The van der Waals surface area contributed by atoms with Gasteiger partial charge in [0.15, 0.2) is 0 Å². The van der Waals surface area contributed by atoms with Gasteiger partial charge in [0.25, 0.3) is 0 Å². The summed E-state index contributed by atoms with van der Waals surface area (Å²) in [5, 5.41) is 4.10. The minimum atomic E-state index is 0.412. The summed E-state index contributed by atoms with van der Waals surface area (Å²) in [6.07, 6.45) is 0. The van der Waals surface area contributed by atoms with E-state index in [0.29, 0.717) is 12.6 Å². The maximum atomic E-state index is 6.07. The summed E-state index contributed by atoms with van der Waals surface area (Å²) < 4.78 is 5.90. The molecule has 1 aromatic heterocycles. The van der Waals surface area contributed by atoms with Crippen molar-refractivity contribution in [1.29, 1.82) is 0 Å². The fourth-order valence-corrected chi connectivity index (χ4v) is 2.17. The Hall–Kier alpha value is -1.58. The molecule has 0 aliphatic carbocycles. The minimum Gasteiger partial charge on any atom is -0.487 e. The third kappa shape index (κ3) is 5.03. The van der Waals surface area contributed by atoms with Crippen LogP contribution < -0.4 is 10.1 Å². The van der Waals surface area contributed by atoms with Crippen molar-refractivity contribution in [1.82, 2.24) is 10.3 Å². The van der Waals surface area contributed by atoms with E-state index in [0.717, 1.165) is 34.3 Å².